The lowest BCUT2D eigenvalue weighted by Gasteiger charge is -2.20. The smallest absolute Gasteiger partial charge is 0.239 e. The maximum Gasteiger partial charge on any atom is 0.239 e. The van der Waals surface area contributed by atoms with E-state index in [-0.39, 0.29) is 18.0 Å². The monoisotopic (exact) mass is 285 g/mol. The molecule has 88 valence electrons. The van der Waals surface area contributed by atoms with Gasteiger partial charge in [-0.15, -0.1) is 0 Å². The summed E-state index contributed by atoms with van der Waals surface area (Å²) in [4.78, 5) is 15.5. The Morgan fingerprint density at radius 3 is 2.75 bits per heavy atom. The van der Waals surface area contributed by atoms with Crippen LogP contribution >= 0.6 is 15.9 Å². The molecule has 0 unspecified atom stereocenters. The Morgan fingerprint density at radius 2 is 2.19 bits per heavy atom. The number of hydrogen-bond acceptors (Lipinski definition) is 3. The van der Waals surface area contributed by atoms with Crippen molar-refractivity contribution in [2.24, 2.45) is 0 Å². The number of carbonyl (C=O) groups is 1. The van der Waals surface area contributed by atoms with Crippen molar-refractivity contribution in [1.82, 2.24) is 10.3 Å². The van der Waals surface area contributed by atoms with Crippen molar-refractivity contribution in [3.8, 4) is 0 Å². The van der Waals surface area contributed by atoms with Crippen LogP contribution in [0.15, 0.2) is 22.9 Å². The Bertz CT molecular complexity index is 374. The van der Waals surface area contributed by atoms with Crippen molar-refractivity contribution < 1.29 is 4.79 Å². The summed E-state index contributed by atoms with van der Waals surface area (Å²) in [5.74, 6) is -0.0313. The second-order valence-corrected chi connectivity index (χ2v) is 5.36. The van der Waals surface area contributed by atoms with E-state index in [2.05, 4.69) is 31.5 Å². The quantitative estimate of drug-likeness (QED) is 0.895. The molecule has 0 saturated heterocycles. The second kappa shape index (κ2) is 5.30. The molecule has 2 N–H and O–H groups in total. The number of nitrogens with one attached hydrogen (secondary N) is 2. The first-order valence-electron chi connectivity index (χ1n) is 5.03. The van der Waals surface area contributed by atoms with Crippen LogP contribution in [0.4, 0.5) is 5.69 Å². The molecule has 16 heavy (non-hydrogen) atoms. The highest BCUT2D eigenvalue weighted by Gasteiger charge is 2.13. The number of nitrogens with zero attached hydrogens (tertiary/aromatic N) is 1. The average molecular weight is 286 g/mol. The fraction of sp³-hybridized carbons (Fsp3) is 0.455. The van der Waals surface area contributed by atoms with Gasteiger partial charge in [0, 0.05) is 17.9 Å². The molecule has 0 aromatic carbocycles. The Labute approximate surface area is 104 Å². The van der Waals surface area contributed by atoms with Crippen molar-refractivity contribution in [3.63, 3.8) is 0 Å². The molecular formula is C11H16BrN3O. The SMILES string of the molecule is CC(C)(C)NC(=O)CNc1ccncc1Br. The van der Waals surface area contributed by atoms with Gasteiger partial charge in [-0.25, -0.2) is 0 Å². The number of pyridine rings is 1. The molecule has 0 bridgehead atoms. The van der Waals surface area contributed by atoms with Gasteiger partial charge < -0.3 is 10.6 Å². The summed E-state index contributed by atoms with van der Waals surface area (Å²) in [6.45, 7) is 6.10. The zero-order valence-electron chi connectivity index (χ0n) is 9.67. The topological polar surface area (TPSA) is 54.0 Å². The van der Waals surface area contributed by atoms with E-state index in [1.54, 1.807) is 12.4 Å². The second-order valence-electron chi connectivity index (χ2n) is 4.51. The van der Waals surface area contributed by atoms with Crippen LogP contribution in [-0.2, 0) is 4.79 Å². The lowest BCUT2D eigenvalue weighted by Crippen LogP contribution is -2.43. The Balaban J connectivity index is 2.47. The van der Waals surface area contributed by atoms with E-state index in [0.717, 1.165) is 10.2 Å². The molecule has 1 aromatic rings. The van der Waals surface area contributed by atoms with Gasteiger partial charge in [-0.3, -0.25) is 9.78 Å². The number of hydrogen-bond donors (Lipinski definition) is 2. The summed E-state index contributed by atoms with van der Waals surface area (Å²) in [5, 5.41) is 5.91. The predicted molar refractivity (Wildman–Crippen MR) is 68.3 cm³/mol. The van der Waals surface area contributed by atoms with Gasteiger partial charge in [-0.2, -0.15) is 0 Å². The van der Waals surface area contributed by atoms with Gasteiger partial charge in [0.25, 0.3) is 0 Å². The number of aromatic nitrogens is 1. The van der Waals surface area contributed by atoms with E-state index < -0.39 is 0 Å². The third-order valence-corrected chi connectivity index (χ3v) is 2.36. The van der Waals surface area contributed by atoms with Crippen LogP contribution in [0.3, 0.4) is 0 Å². The summed E-state index contributed by atoms with van der Waals surface area (Å²) in [6, 6.07) is 1.81. The normalized spacial score (nSPS) is 11.0. The van der Waals surface area contributed by atoms with E-state index in [9.17, 15) is 4.79 Å². The Morgan fingerprint density at radius 1 is 1.50 bits per heavy atom. The number of carbonyl (C=O) groups excluding carboxylic acids is 1. The lowest BCUT2D eigenvalue weighted by molar-refractivity contribution is -0.120. The van der Waals surface area contributed by atoms with Gasteiger partial charge in [0.1, 0.15) is 0 Å². The molecule has 0 aliphatic carbocycles. The largest absolute Gasteiger partial charge is 0.375 e. The highest BCUT2D eigenvalue weighted by Crippen LogP contribution is 2.19. The summed E-state index contributed by atoms with van der Waals surface area (Å²) in [5.41, 5.74) is 0.660. The molecule has 0 saturated carbocycles. The van der Waals surface area contributed by atoms with Gasteiger partial charge in [0.05, 0.1) is 16.7 Å². The molecule has 1 aromatic heterocycles. The standard InChI is InChI=1S/C11H16BrN3O/c1-11(2,3)15-10(16)7-14-9-4-5-13-6-8(9)12/h4-6H,7H2,1-3H3,(H,13,14)(H,15,16). The summed E-state index contributed by atoms with van der Waals surface area (Å²) in [7, 11) is 0. The Kier molecular flexibility index (Phi) is 4.29. The van der Waals surface area contributed by atoms with E-state index >= 15 is 0 Å². The van der Waals surface area contributed by atoms with Crippen LogP contribution in [0, 0.1) is 0 Å². The van der Waals surface area contributed by atoms with Crippen LogP contribution in [0.1, 0.15) is 20.8 Å². The molecule has 0 aliphatic heterocycles. The van der Waals surface area contributed by atoms with Crippen molar-refractivity contribution >= 4 is 27.5 Å². The zero-order valence-corrected chi connectivity index (χ0v) is 11.3. The molecule has 5 heteroatoms. The van der Waals surface area contributed by atoms with Crippen LogP contribution in [0.25, 0.3) is 0 Å². The van der Waals surface area contributed by atoms with Crippen molar-refractivity contribution in [2.75, 3.05) is 11.9 Å². The minimum absolute atomic E-state index is 0.0313. The molecule has 1 heterocycles. The summed E-state index contributed by atoms with van der Waals surface area (Å²) < 4.78 is 0.846. The minimum Gasteiger partial charge on any atom is -0.375 e. The minimum atomic E-state index is -0.200. The van der Waals surface area contributed by atoms with Gasteiger partial charge in [-0.05, 0) is 42.8 Å². The van der Waals surface area contributed by atoms with E-state index in [4.69, 9.17) is 0 Å². The van der Waals surface area contributed by atoms with Crippen LogP contribution in [0.2, 0.25) is 0 Å². The van der Waals surface area contributed by atoms with Crippen LogP contribution in [0.5, 0.6) is 0 Å². The molecule has 0 atom stereocenters. The Hall–Kier alpha value is -1.10. The molecule has 0 radical (unpaired) electrons. The van der Waals surface area contributed by atoms with Gasteiger partial charge in [0.2, 0.25) is 5.91 Å². The first-order chi connectivity index (χ1) is 7.38. The summed E-state index contributed by atoms with van der Waals surface area (Å²) in [6.07, 6.45) is 3.36. The van der Waals surface area contributed by atoms with E-state index in [1.165, 1.54) is 0 Å². The molecule has 1 rings (SSSR count). The van der Waals surface area contributed by atoms with Gasteiger partial charge >= 0.3 is 0 Å². The first kappa shape index (κ1) is 13.0. The third kappa shape index (κ3) is 4.61. The van der Waals surface area contributed by atoms with Crippen molar-refractivity contribution in [3.05, 3.63) is 22.9 Å². The highest BCUT2D eigenvalue weighted by atomic mass is 79.9. The lowest BCUT2D eigenvalue weighted by atomic mass is 10.1. The molecule has 1 amide bonds. The maximum absolute atomic E-state index is 11.5. The van der Waals surface area contributed by atoms with Gasteiger partial charge in [0.15, 0.2) is 0 Å². The van der Waals surface area contributed by atoms with E-state index in [1.807, 2.05) is 26.8 Å². The zero-order chi connectivity index (χ0) is 12.2. The fourth-order valence-corrected chi connectivity index (χ4v) is 1.55. The number of amides is 1. The maximum atomic E-state index is 11.5. The average Bonchev–Trinajstić information content (AvgIpc) is 2.14. The first-order valence-corrected chi connectivity index (χ1v) is 5.82. The molecular weight excluding hydrogens is 270 g/mol. The van der Waals surface area contributed by atoms with Crippen LogP contribution in [-0.4, -0.2) is 23.0 Å². The predicted octanol–water partition coefficient (Wildman–Crippen LogP) is 2.17. The van der Waals surface area contributed by atoms with Crippen LogP contribution < -0.4 is 10.6 Å². The van der Waals surface area contributed by atoms with Crippen molar-refractivity contribution in [2.45, 2.75) is 26.3 Å². The van der Waals surface area contributed by atoms with E-state index in [0.29, 0.717) is 0 Å². The highest BCUT2D eigenvalue weighted by molar-refractivity contribution is 9.10. The molecule has 4 nitrogen and oxygen atoms in total. The molecule has 0 aliphatic rings. The fourth-order valence-electron chi connectivity index (χ4n) is 1.16. The molecule has 0 spiro atoms. The van der Waals surface area contributed by atoms with Gasteiger partial charge in [-0.1, -0.05) is 0 Å². The number of halogens is 1. The number of anilines is 1. The number of rotatable bonds is 3. The third-order valence-electron chi connectivity index (χ3n) is 1.73. The summed E-state index contributed by atoms with van der Waals surface area (Å²) >= 11 is 3.35. The van der Waals surface area contributed by atoms with Crippen molar-refractivity contribution in [1.29, 1.82) is 0 Å². The molecule has 0 fully saturated rings.